The molecule has 2 nitrogen and oxygen atoms in total. The quantitative estimate of drug-likeness (QED) is 0.826. The van der Waals surface area contributed by atoms with Crippen molar-refractivity contribution in [2.24, 2.45) is 0 Å². The highest BCUT2D eigenvalue weighted by Crippen LogP contribution is 2.28. The van der Waals surface area contributed by atoms with Crippen LogP contribution in [-0.2, 0) is 11.2 Å². The molecule has 0 saturated carbocycles. The van der Waals surface area contributed by atoms with Crippen LogP contribution < -0.4 is 0 Å². The number of carbonyl (C=O) groups is 1. The fourth-order valence-corrected chi connectivity index (χ4v) is 2.46. The van der Waals surface area contributed by atoms with Gasteiger partial charge in [0, 0.05) is 4.90 Å². The molecule has 0 heterocycles. The second-order valence-electron chi connectivity index (χ2n) is 3.59. The molecule has 0 bridgehead atoms. The topological polar surface area (TPSA) is 37.3 Å². The number of thioether (sulfide) groups is 1. The van der Waals surface area contributed by atoms with Gasteiger partial charge in [0.15, 0.2) is 0 Å². The van der Waals surface area contributed by atoms with Crippen molar-refractivity contribution in [3.8, 4) is 0 Å². The summed E-state index contributed by atoms with van der Waals surface area (Å²) in [5, 5.41) is 11.1. The number of hydrogen-bond acceptors (Lipinski definition) is 2. The van der Waals surface area contributed by atoms with Gasteiger partial charge in [-0.2, -0.15) is 0 Å². The Bertz CT molecular complexity index is 534. The van der Waals surface area contributed by atoms with Crippen molar-refractivity contribution in [1.82, 2.24) is 0 Å². The van der Waals surface area contributed by atoms with E-state index < -0.39 is 5.97 Å². The van der Waals surface area contributed by atoms with E-state index >= 15 is 0 Å². The molecule has 0 aliphatic rings. The van der Waals surface area contributed by atoms with Crippen LogP contribution in [0.25, 0.3) is 10.8 Å². The molecular formula is C13H12O2S. The Morgan fingerprint density at radius 2 is 2.06 bits per heavy atom. The first-order valence-corrected chi connectivity index (χ1v) is 6.20. The Labute approximate surface area is 98.3 Å². The Morgan fingerprint density at radius 1 is 1.31 bits per heavy atom. The normalized spacial score (nSPS) is 10.6. The second-order valence-corrected chi connectivity index (χ2v) is 4.44. The summed E-state index contributed by atoms with van der Waals surface area (Å²) >= 11 is 1.65. The van der Waals surface area contributed by atoms with Crippen molar-refractivity contribution in [2.75, 3.05) is 6.26 Å². The van der Waals surface area contributed by atoms with Crippen molar-refractivity contribution in [1.29, 1.82) is 0 Å². The lowest BCUT2D eigenvalue weighted by Gasteiger charge is -2.06. The van der Waals surface area contributed by atoms with E-state index in [4.69, 9.17) is 5.11 Å². The van der Waals surface area contributed by atoms with Crippen molar-refractivity contribution < 1.29 is 9.90 Å². The SMILES string of the molecule is CSc1cc(CC(=O)O)cc2ccccc12. The monoisotopic (exact) mass is 232 g/mol. The molecular weight excluding hydrogens is 220 g/mol. The van der Waals surface area contributed by atoms with Crippen LogP contribution in [0.3, 0.4) is 0 Å². The number of fused-ring (bicyclic) bond motifs is 1. The van der Waals surface area contributed by atoms with Gasteiger partial charge in [-0.05, 0) is 28.7 Å². The van der Waals surface area contributed by atoms with E-state index in [0.717, 1.165) is 15.8 Å². The van der Waals surface area contributed by atoms with Crippen molar-refractivity contribution in [3.63, 3.8) is 0 Å². The molecule has 0 saturated heterocycles. The number of hydrogen-bond donors (Lipinski definition) is 1. The Morgan fingerprint density at radius 3 is 2.75 bits per heavy atom. The minimum atomic E-state index is -0.790. The van der Waals surface area contributed by atoms with Gasteiger partial charge in [-0.3, -0.25) is 4.79 Å². The van der Waals surface area contributed by atoms with Gasteiger partial charge in [-0.25, -0.2) is 0 Å². The maximum atomic E-state index is 10.7. The molecule has 0 atom stereocenters. The van der Waals surface area contributed by atoms with Crippen molar-refractivity contribution in [2.45, 2.75) is 11.3 Å². The zero-order valence-electron chi connectivity index (χ0n) is 8.93. The van der Waals surface area contributed by atoms with E-state index in [0.29, 0.717) is 0 Å². The van der Waals surface area contributed by atoms with E-state index in [9.17, 15) is 4.79 Å². The van der Waals surface area contributed by atoms with Crippen LogP contribution >= 0.6 is 11.8 Å². The van der Waals surface area contributed by atoms with Crippen LogP contribution in [0.15, 0.2) is 41.3 Å². The fourth-order valence-electron chi connectivity index (χ4n) is 1.78. The average molecular weight is 232 g/mol. The average Bonchev–Trinajstić information content (AvgIpc) is 2.27. The number of aliphatic carboxylic acids is 1. The third-order valence-electron chi connectivity index (χ3n) is 2.46. The van der Waals surface area contributed by atoms with Gasteiger partial charge in [0.05, 0.1) is 6.42 Å². The first kappa shape index (κ1) is 11.0. The number of benzene rings is 2. The van der Waals surface area contributed by atoms with Gasteiger partial charge < -0.3 is 5.11 Å². The van der Waals surface area contributed by atoms with E-state index in [1.165, 1.54) is 5.39 Å². The molecule has 1 N–H and O–H groups in total. The molecule has 16 heavy (non-hydrogen) atoms. The van der Waals surface area contributed by atoms with Gasteiger partial charge in [0.25, 0.3) is 0 Å². The smallest absolute Gasteiger partial charge is 0.307 e. The summed E-state index contributed by atoms with van der Waals surface area (Å²) in [5.41, 5.74) is 0.857. The molecule has 82 valence electrons. The molecule has 2 aromatic carbocycles. The summed E-state index contributed by atoms with van der Waals surface area (Å²) in [7, 11) is 0. The van der Waals surface area contributed by atoms with E-state index in [2.05, 4.69) is 6.07 Å². The van der Waals surface area contributed by atoms with Gasteiger partial charge in [0.1, 0.15) is 0 Å². The van der Waals surface area contributed by atoms with Crippen LogP contribution in [0.2, 0.25) is 0 Å². The minimum absolute atomic E-state index is 0.0817. The van der Waals surface area contributed by atoms with Crippen LogP contribution in [0.1, 0.15) is 5.56 Å². The van der Waals surface area contributed by atoms with Crippen LogP contribution in [0.5, 0.6) is 0 Å². The summed E-state index contributed by atoms with van der Waals surface area (Å²) in [4.78, 5) is 11.8. The maximum Gasteiger partial charge on any atom is 0.307 e. The number of rotatable bonds is 3. The molecule has 2 rings (SSSR count). The van der Waals surface area contributed by atoms with E-state index in [-0.39, 0.29) is 6.42 Å². The van der Waals surface area contributed by atoms with Crippen LogP contribution in [-0.4, -0.2) is 17.3 Å². The standard InChI is InChI=1S/C13H12O2S/c1-16-12-7-9(8-13(14)15)6-10-4-2-3-5-11(10)12/h2-7H,8H2,1H3,(H,14,15). The lowest BCUT2D eigenvalue weighted by molar-refractivity contribution is -0.136. The predicted octanol–water partition coefficient (Wildman–Crippen LogP) is 3.19. The Balaban J connectivity index is 2.58. The molecule has 0 aliphatic carbocycles. The van der Waals surface area contributed by atoms with Gasteiger partial charge in [0.2, 0.25) is 0 Å². The Hall–Kier alpha value is -1.48. The highest BCUT2D eigenvalue weighted by molar-refractivity contribution is 7.98. The first-order valence-electron chi connectivity index (χ1n) is 4.98. The summed E-state index contributed by atoms with van der Waals surface area (Å²) in [5.74, 6) is -0.790. The largest absolute Gasteiger partial charge is 0.481 e. The summed E-state index contributed by atoms with van der Waals surface area (Å²) in [6.45, 7) is 0. The van der Waals surface area contributed by atoms with Crippen LogP contribution in [0, 0.1) is 0 Å². The van der Waals surface area contributed by atoms with E-state index in [1.807, 2.05) is 36.6 Å². The molecule has 2 aromatic rings. The van der Waals surface area contributed by atoms with Gasteiger partial charge >= 0.3 is 5.97 Å². The fraction of sp³-hybridized carbons (Fsp3) is 0.154. The van der Waals surface area contributed by atoms with Gasteiger partial charge in [-0.15, -0.1) is 11.8 Å². The summed E-state index contributed by atoms with van der Waals surface area (Å²) in [6.07, 6.45) is 2.09. The Kier molecular flexibility index (Phi) is 3.15. The molecule has 3 heteroatoms. The maximum absolute atomic E-state index is 10.7. The molecule has 0 amide bonds. The molecule has 0 fully saturated rings. The highest BCUT2D eigenvalue weighted by Gasteiger charge is 2.05. The van der Waals surface area contributed by atoms with Crippen molar-refractivity contribution >= 4 is 28.5 Å². The second kappa shape index (κ2) is 4.58. The minimum Gasteiger partial charge on any atom is -0.481 e. The zero-order valence-corrected chi connectivity index (χ0v) is 9.75. The highest BCUT2D eigenvalue weighted by atomic mass is 32.2. The number of carboxylic acids is 1. The van der Waals surface area contributed by atoms with Gasteiger partial charge in [-0.1, -0.05) is 30.3 Å². The summed E-state index contributed by atoms with van der Waals surface area (Å²) < 4.78 is 0. The van der Waals surface area contributed by atoms with Crippen molar-refractivity contribution in [3.05, 3.63) is 42.0 Å². The molecule has 0 spiro atoms. The lowest BCUT2D eigenvalue weighted by Crippen LogP contribution is -2.00. The zero-order chi connectivity index (χ0) is 11.5. The summed E-state index contributed by atoms with van der Waals surface area (Å²) in [6, 6.07) is 12.0. The lowest BCUT2D eigenvalue weighted by atomic mass is 10.1. The first-order chi connectivity index (χ1) is 7.70. The van der Waals surface area contributed by atoms with Crippen LogP contribution in [0.4, 0.5) is 0 Å². The van der Waals surface area contributed by atoms with E-state index in [1.54, 1.807) is 11.8 Å². The predicted molar refractivity (Wildman–Crippen MR) is 67.1 cm³/mol. The molecule has 0 aromatic heterocycles. The third kappa shape index (κ3) is 2.19. The molecule has 0 radical (unpaired) electrons. The molecule has 0 unspecified atom stereocenters. The molecule has 0 aliphatic heterocycles. The number of carboxylic acid groups (broad SMARTS) is 1. The third-order valence-corrected chi connectivity index (χ3v) is 3.24.